The van der Waals surface area contributed by atoms with Crippen LogP contribution >= 0.6 is 11.8 Å². The molecule has 2 heterocycles. The molecule has 4 unspecified atom stereocenters. The Morgan fingerprint density at radius 1 is 1.28 bits per heavy atom. The predicted molar refractivity (Wildman–Crippen MR) is 77.0 cm³/mol. The molecule has 4 atom stereocenters. The van der Waals surface area contributed by atoms with Crippen molar-refractivity contribution < 1.29 is 4.74 Å². The summed E-state index contributed by atoms with van der Waals surface area (Å²) in [4.78, 5) is 2.73. The van der Waals surface area contributed by atoms with E-state index in [1.807, 2.05) is 0 Å². The third-order valence-electron chi connectivity index (χ3n) is 4.95. The van der Waals surface area contributed by atoms with E-state index in [9.17, 15) is 0 Å². The van der Waals surface area contributed by atoms with Crippen LogP contribution < -0.4 is 5.73 Å². The fraction of sp³-hybridized carbons (Fsp3) is 1.00. The molecule has 4 heteroatoms. The molecule has 3 fully saturated rings. The average molecular weight is 270 g/mol. The number of thioether (sulfide) groups is 1. The second kappa shape index (κ2) is 6.12. The van der Waals surface area contributed by atoms with E-state index in [2.05, 4.69) is 16.7 Å². The van der Waals surface area contributed by atoms with Gasteiger partial charge in [-0.1, -0.05) is 12.8 Å². The second-order valence-electron chi connectivity index (χ2n) is 5.93. The van der Waals surface area contributed by atoms with Crippen molar-refractivity contribution in [1.29, 1.82) is 0 Å². The Labute approximate surface area is 115 Å². The summed E-state index contributed by atoms with van der Waals surface area (Å²) < 4.78 is 5.98. The Hall–Kier alpha value is 0.230. The number of hydrogen-bond donors (Lipinski definition) is 1. The quantitative estimate of drug-likeness (QED) is 0.847. The SMILES string of the molecule is NCC(C1CCSC1)N1CCOC2CCCCC21. The molecule has 1 saturated carbocycles. The molecule has 2 N–H and O–H groups in total. The molecule has 104 valence electrons. The number of fused-ring (bicyclic) bond motifs is 1. The van der Waals surface area contributed by atoms with Gasteiger partial charge >= 0.3 is 0 Å². The van der Waals surface area contributed by atoms with Gasteiger partial charge in [-0.15, -0.1) is 0 Å². The fourth-order valence-electron chi connectivity index (χ4n) is 3.99. The van der Waals surface area contributed by atoms with Crippen LogP contribution in [0.25, 0.3) is 0 Å². The van der Waals surface area contributed by atoms with Crippen LogP contribution in [0.3, 0.4) is 0 Å². The first-order valence-corrected chi connectivity index (χ1v) is 8.71. The van der Waals surface area contributed by atoms with Gasteiger partial charge in [0.05, 0.1) is 12.7 Å². The van der Waals surface area contributed by atoms with E-state index in [1.165, 1.54) is 43.6 Å². The first kappa shape index (κ1) is 13.2. The molecule has 0 spiro atoms. The number of nitrogens with zero attached hydrogens (tertiary/aromatic N) is 1. The van der Waals surface area contributed by atoms with Crippen molar-refractivity contribution in [1.82, 2.24) is 4.90 Å². The molecular formula is C14H26N2OS. The van der Waals surface area contributed by atoms with E-state index < -0.39 is 0 Å². The zero-order valence-electron chi connectivity index (χ0n) is 11.2. The van der Waals surface area contributed by atoms with Crippen molar-refractivity contribution in [3.8, 4) is 0 Å². The van der Waals surface area contributed by atoms with Crippen molar-refractivity contribution in [2.75, 3.05) is 31.2 Å². The first-order valence-electron chi connectivity index (χ1n) is 7.55. The minimum absolute atomic E-state index is 0.496. The normalized spacial score (nSPS) is 39.5. The van der Waals surface area contributed by atoms with E-state index >= 15 is 0 Å². The molecule has 3 rings (SSSR count). The van der Waals surface area contributed by atoms with Gasteiger partial charge in [0.1, 0.15) is 0 Å². The molecule has 0 radical (unpaired) electrons. The van der Waals surface area contributed by atoms with Crippen LogP contribution in [0, 0.1) is 5.92 Å². The highest BCUT2D eigenvalue weighted by molar-refractivity contribution is 7.99. The summed E-state index contributed by atoms with van der Waals surface area (Å²) in [5.74, 6) is 3.47. The molecule has 0 aromatic rings. The van der Waals surface area contributed by atoms with Gasteiger partial charge in [-0.25, -0.2) is 0 Å². The Balaban J connectivity index is 1.71. The zero-order valence-corrected chi connectivity index (χ0v) is 12.0. The number of rotatable bonds is 3. The molecule has 3 aliphatic rings. The van der Waals surface area contributed by atoms with Crippen LogP contribution in [-0.4, -0.2) is 54.3 Å². The lowest BCUT2D eigenvalue weighted by molar-refractivity contribution is -0.107. The van der Waals surface area contributed by atoms with Gasteiger partial charge in [0.15, 0.2) is 0 Å². The number of morpholine rings is 1. The lowest BCUT2D eigenvalue weighted by atomic mass is 9.87. The van der Waals surface area contributed by atoms with E-state index in [0.29, 0.717) is 18.2 Å². The van der Waals surface area contributed by atoms with E-state index in [1.54, 1.807) is 0 Å². The van der Waals surface area contributed by atoms with E-state index in [-0.39, 0.29) is 0 Å². The Morgan fingerprint density at radius 2 is 2.17 bits per heavy atom. The lowest BCUT2D eigenvalue weighted by Gasteiger charge is -2.48. The lowest BCUT2D eigenvalue weighted by Crippen LogP contribution is -2.59. The summed E-state index contributed by atoms with van der Waals surface area (Å²) >= 11 is 2.11. The molecule has 2 saturated heterocycles. The van der Waals surface area contributed by atoms with Gasteiger partial charge < -0.3 is 10.5 Å². The van der Waals surface area contributed by atoms with Gasteiger partial charge in [0, 0.05) is 25.2 Å². The number of hydrogen-bond acceptors (Lipinski definition) is 4. The Bertz CT molecular complexity index is 269. The third-order valence-corrected chi connectivity index (χ3v) is 6.14. The van der Waals surface area contributed by atoms with E-state index in [0.717, 1.165) is 25.6 Å². The van der Waals surface area contributed by atoms with Crippen LogP contribution in [0.2, 0.25) is 0 Å². The standard InChI is InChI=1S/C14H26N2OS/c15-9-13(11-5-8-18-10-11)16-6-7-17-14-4-2-1-3-12(14)16/h11-14H,1-10,15H2. The maximum Gasteiger partial charge on any atom is 0.0731 e. The van der Waals surface area contributed by atoms with Crippen molar-refractivity contribution in [3.05, 3.63) is 0 Å². The van der Waals surface area contributed by atoms with Crippen LogP contribution in [-0.2, 0) is 4.74 Å². The van der Waals surface area contributed by atoms with Gasteiger partial charge in [0.2, 0.25) is 0 Å². The molecule has 2 aliphatic heterocycles. The minimum Gasteiger partial charge on any atom is -0.375 e. The minimum atomic E-state index is 0.496. The predicted octanol–water partition coefficient (Wildman–Crippen LogP) is 1.71. The van der Waals surface area contributed by atoms with Crippen LogP contribution in [0.15, 0.2) is 0 Å². The van der Waals surface area contributed by atoms with Crippen LogP contribution in [0.5, 0.6) is 0 Å². The molecule has 3 nitrogen and oxygen atoms in total. The van der Waals surface area contributed by atoms with Gasteiger partial charge in [0.25, 0.3) is 0 Å². The fourth-order valence-corrected chi connectivity index (χ4v) is 5.32. The maximum absolute atomic E-state index is 6.11. The molecular weight excluding hydrogens is 244 g/mol. The molecule has 0 bridgehead atoms. The molecule has 0 aromatic carbocycles. The van der Waals surface area contributed by atoms with Gasteiger partial charge in [-0.05, 0) is 36.7 Å². The van der Waals surface area contributed by atoms with Crippen LogP contribution in [0.1, 0.15) is 32.1 Å². The molecule has 0 aromatic heterocycles. The summed E-state index contributed by atoms with van der Waals surface area (Å²) in [6.07, 6.45) is 7.16. The van der Waals surface area contributed by atoms with Crippen molar-refractivity contribution >= 4 is 11.8 Å². The van der Waals surface area contributed by atoms with Crippen LogP contribution in [0.4, 0.5) is 0 Å². The molecule has 0 amide bonds. The molecule has 1 aliphatic carbocycles. The zero-order chi connectivity index (χ0) is 12.4. The molecule has 18 heavy (non-hydrogen) atoms. The van der Waals surface area contributed by atoms with Crippen molar-refractivity contribution in [2.45, 2.75) is 50.3 Å². The summed E-state index contributed by atoms with van der Waals surface area (Å²) in [6.45, 7) is 2.84. The summed E-state index contributed by atoms with van der Waals surface area (Å²) in [5, 5.41) is 0. The van der Waals surface area contributed by atoms with Gasteiger partial charge in [-0.3, -0.25) is 4.90 Å². The summed E-state index contributed by atoms with van der Waals surface area (Å²) in [7, 11) is 0. The number of nitrogens with two attached hydrogens (primary N) is 1. The Morgan fingerprint density at radius 3 is 2.94 bits per heavy atom. The second-order valence-corrected chi connectivity index (χ2v) is 7.08. The monoisotopic (exact) mass is 270 g/mol. The third kappa shape index (κ3) is 2.58. The first-order chi connectivity index (χ1) is 8.90. The largest absolute Gasteiger partial charge is 0.375 e. The average Bonchev–Trinajstić information content (AvgIpc) is 2.94. The highest BCUT2D eigenvalue weighted by Gasteiger charge is 2.40. The topological polar surface area (TPSA) is 38.5 Å². The highest BCUT2D eigenvalue weighted by atomic mass is 32.2. The smallest absolute Gasteiger partial charge is 0.0731 e. The number of ether oxygens (including phenoxy) is 1. The Kier molecular flexibility index (Phi) is 4.50. The maximum atomic E-state index is 6.11. The van der Waals surface area contributed by atoms with Gasteiger partial charge in [-0.2, -0.15) is 11.8 Å². The summed E-state index contributed by atoms with van der Waals surface area (Å²) in [6, 6.07) is 1.26. The highest BCUT2D eigenvalue weighted by Crippen LogP contribution is 2.34. The van der Waals surface area contributed by atoms with E-state index in [4.69, 9.17) is 10.5 Å². The van der Waals surface area contributed by atoms with Crippen molar-refractivity contribution in [2.24, 2.45) is 11.7 Å². The van der Waals surface area contributed by atoms with Crippen molar-refractivity contribution in [3.63, 3.8) is 0 Å². The summed E-state index contributed by atoms with van der Waals surface area (Å²) in [5.41, 5.74) is 6.11.